The lowest BCUT2D eigenvalue weighted by Crippen LogP contribution is -1.97. The van der Waals surface area contributed by atoms with E-state index in [4.69, 9.17) is 21.6 Å². The van der Waals surface area contributed by atoms with Gasteiger partial charge < -0.3 is 4.74 Å². The minimum Gasteiger partial charge on any atom is -0.434 e. The smallest absolute Gasteiger partial charge is 0.349 e. The number of nitriles is 1. The number of hydrogen-bond acceptors (Lipinski definition) is 6. The van der Waals surface area contributed by atoms with Crippen molar-refractivity contribution < 1.29 is 9.66 Å². The van der Waals surface area contributed by atoms with Crippen molar-refractivity contribution >= 4 is 17.3 Å². The summed E-state index contributed by atoms with van der Waals surface area (Å²) in [6, 6.07) is 7.98. The number of nitro groups is 1. The molecule has 0 atom stereocenters. The SMILES string of the molecule is N#Cc1ccc(Oc2nc(Cl)ncc2[N+](=O)[O-])cc1. The second-order valence-electron chi connectivity index (χ2n) is 3.32. The highest BCUT2D eigenvalue weighted by atomic mass is 35.5. The molecule has 0 spiro atoms. The van der Waals surface area contributed by atoms with Crippen molar-refractivity contribution in [1.82, 2.24) is 9.97 Å². The molecule has 0 radical (unpaired) electrons. The molecule has 1 aromatic heterocycles. The van der Waals surface area contributed by atoms with Crippen molar-refractivity contribution in [3.63, 3.8) is 0 Å². The van der Waals surface area contributed by atoms with Crippen LogP contribution < -0.4 is 4.74 Å². The molecule has 0 unspecified atom stereocenters. The maximum atomic E-state index is 10.8. The summed E-state index contributed by atoms with van der Waals surface area (Å²) in [4.78, 5) is 17.3. The maximum Gasteiger partial charge on any atom is 0.349 e. The van der Waals surface area contributed by atoms with Gasteiger partial charge in [-0.15, -0.1) is 0 Å². The van der Waals surface area contributed by atoms with Crippen LogP contribution in [0.15, 0.2) is 30.5 Å². The van der Waals surface area contributed by atoms with E-state index in [2.05, 4.69) is 9.97 Å². The Hall–Kier alpha value is -2.72. The van der Waals surface area contributed by atoms with Crippen LogP contribution in [0.1, 0.15) is 5.56 Å². The first-order valence-electron chi connectivity index (χ1n) is 4.95. The molecule has 0 saturated heterocycles. The van der Waals surface area contributed by atoms with Gasteiger partial charge in [0.1, 0.15) is 11.9 Å². The Morgan fingerprint density at radius 2 is 2.05 bits per heavy atom. The predicted molar refractivity (Wildman–Crippen MR) is 64.9 cm³/mol. The van der Waals surface area contributed by atoms with Crippen molar-refractivity contribution in [2.75, 3.05) is 0 Å². The van der Waals surface area contributed by atoms with Crippen LogP contribution in [0.25, 0.3) is 0 Å². The highest BCUT2D eigenvalue weighted by Crippen LogP contribution is 2.29. The molecule has 0 saturated carbocycles. The zero-order chi connectivity index (χ0) is 13.8. The molecule has 2 rings (SSSR count). The summed E-state index contributed by atoms with van der Waals surface area (Å²) >= 11 is 5.57. The molecule has 0 fully saturated rings. The molecular formula is C11H5ClN4O3. The second kappa shape index (κ2) is 5.29. The van der Waals surface area contributed by atoms with Crippen LogP contribution >= 0.6 is 11.6 Å². The monoisotopic (exact) mass is 276 g/mol. The average molecular weight is 277 g/mol. The van der Waals surface area contributed by atoms with Gasteiger partial charge >= 0.3 is 11.6 Å². The Kier molecular flexibility index (Phi) is 3.54. The quantitative estimate of drug-likeness (QED) is 0.485. The fourth-order valence-corrected chi connectivity index (χ4v) is 1.37. The maximum absolute atomic E-state index is 10.8. The van der Waals surface area contributed by atoms with Crippen LogP contribution in [0.5, 0.6) is 11.6 Å². The predicted octanol–water partition coefficient (Wildman–Crippen LogP) is 2.70. The van der Waals surface area contributed by atoms with Crippen molar-refractivity contribution in [2.24, 2.45) is 0 Å². The zero-order valence-corrected chi connectivity index (χ0v) is 10.0. The molecule has 0 aliphatic rings. The van der Waals surface area contributed by atoms with Crippen LogP contribution in [0.3, 0.4) is 0 Å². The summed E-state index contributed by atoms with van der Waals surface area (Å²) in [6.07, 6.45) is 0.967. The van der Waals surface area contributed by atoms with Gasteiger partial charge in [-0.1, -0.05) is 0 Å². The third kappa shape index (κ3) is 2.94. The van der Waals surface area contributed by atoms with E-state index in [1.807, 2.05) is 6.07 Å². The van der Waals surface area contributed by atoms with Gasteiger partial charge in [0, 0.05) is 0 Å². The summed E-state index contributed by atoms with van der Waals surface area (Å²) in [7, 11) is 0. The normalized spacial score (nSPS) is 9.68. The Morgan fingerprint density at radius 3 is 2.63 bits per heavy atom. The van der Waals surface area contributed by atoms with E-state index in [0.717, 1.165) is 6.20 Å². The van der Waals surface area contributed by atoms with E-state index in [-0.39, 0.29) is 11.2 Å². The Balaban J connectivity index is 2.34. The first kappa shape index (κ1) is 12.7. The zero-order valence-electron chi connectivity index (χ0n) is 9.28. The van der Waals surface area contributed by atoms with Crippen LogP contribution in [-0.2, 0) is 0 Å². The summed E-state index contributed by atoms with van der Waals surface area (Å²) in [5, 5.41) is 19.3. The molecule has 0 aliphatic heterocycles. The fraction of sp³-hybridized carbons (Fsp3) is 0. The third-order valence-electron chi connectivity index (χ3n) is 2.10. The highest BCUT2D eigenvalue weighted by Gasteiger charge is 2.19. The number of rotatable bonds is 3. The summed E-state index contributed by atoms with van der Waals surface area (Å²) < 4.78 is 5.26. The number of benzene rings is 1. The summed E-state index contributed by atoms with van der Waals surface area (Å²) in [6.45, 7) is 0. The molecule has 94 valence electrons. The highest BCUT2D eigenvalue weighted by molar-refractivity contribution is 6.28. The lowest BCUT2D eigenvalue weighted by molar-refractivity contribution is -0.386. The molecule has 1 aromatic carbocycles. The average Bonchev–Trinajstić information content (AvgIpc) is 2.39. The van der Waals surface area contributed by atoms with Crippen LogP contribution in [-0.4, -0.2) is 14.9 Å². The van der Waals surface area contributed by atoms with Gasteiger partial charge in [0.05, 0.1) is 16.6 Å². The van der Waals surface area contributed by atoms with Gasteiger partial charge in [-0.3, -0.25) is 10.1 Å². The van der Waals surface area contributed by atoms with E-state index in [0.29, 0.717) is 11.3 Å². The standard InChI is InChI=1S/C11H5ClN4O3/c12-11-14-6-9(16(17)18)10(15-11)19-8-3-1-7(5-13)2-4-8/h1-4,6H. The summed E-state index contributed by atoms with van der Waals surface area (Å²) in [5.74, 6) is 0.0478. The molecule has 8 heteroatoms. The van der Waals surface area contributed by atoms with Gasteiger partial charge in [0.25, 0.3) is 0 Å². The van der Waals surface area contributed by atoms with Gasteiger partial charge in [-0.25, -0.2) is 4.98 Å². The van der Waals surface area contributed by atoms with Crippen molar-refractivity contribution in [2.45, 2.75) is 0 Å². The van der Waals surface area contributed by atoms with Gasteiger partial charge in [-0.05, 0) is 35.9 Å². The van der Waals surface area contributed by atoms with Crippen molar-refractivity contribution in [1.29, 1.82) is 5.26 Å². The summed E-state index contributed by atoms with van der Waals surface area (Å²) in [5.41, 5.74) is 0.0522. The van der Waals surface area contributed by atoms with Gasteiger partial charge in [0.2, 0.25) is 5.28 Å². The molecule has 2 aromatic rings. The lowest BCUT2D eigenvalue weighted by Gasteiger charge is -2.04. The van der Waals surface area contributed by atoms with Crippen molar-refractivity contribution in [3.05, 3.63) is 51.4 Å². The third-order valence-corrected chi connectivity index (χ3v) is 2.28. The van der Waals surface area contributed by atoms with Crippen LogP contribution in [0, 0.1) is 21.4 Å². The van der Waals surface area contributed by atoms with E-state index in [1.165, 1.54) is 24.3 Å². The molecule has 19 heavy (non-hydrogen) atoms. The first-order valence-corrected chi connectivity index (χ1v) is 5.33. The van der Waals surface area contributed by atoms with E-state index in [1.54, 1.807) is 0 Å². The van der Waals surface area contributed by atoms with E-state index < -0.39 is 10.6 Å². The minimum atomic E-state index is -0.671. The molecule has 0 amide bonds. The van der Waals surface area contributed by atoms with Gasteiger partial charge in [0.15, 0.2) is 0 Å². The fourth-order valence-electron chi connectivity index (χ4n) is 1.25. The largest absolute Gasteiger partial charge is 0.434 e. The van der Waals surface area contributed by atoms with E-state index >= 15 is 0 Å². The Morgan fingerprint density at radius 1 is 1.37 bits per heavy atom. The lowest BCUT2D eigenvalue weighted by atomic mass is 10.2. The number of hydrogen-bond donors (Lipinski definition) is 0. The molecule has 1 heterocycles. The Labute approximate surface area is 112 Å². The topological polar surface area (TPSA) is 102 Å². The van der Waals surface area contributed by atoms with Crippen molar-refractivity contribution in [3.8, 4) is 17.7 Å². The number of nitrogens with zero attached hydrogens (tertiary/aromatic N) is 4. The number of halogens is 1. The van der Waals surface area contributed by atoms with E-state index in [9.17, 15) is 10.1 Å². The first-order chi connectivity index (χ1) is 9.10. The molecule has 0 aliphatic carbocycles. The molecule has 0 bridgehead atoms. The Bertz CT molecular complexity index is 667. The molecule has 7 nitrogen and oxygen atoms in total. The minimum absolute atomic E-state index is 0.158. The molecular weight excluding hydrogens is 272 g/mol. The van der Waals surface area contributed by atoms with Gasteiger partial charge in [-0.2, -0.15) is 10.2 Å². The number of aromatic nitrogens is 2. The second-order valence-corrected chi connectivity index (χ2v) is 3.66. The van der Waals surface area contributed by atoms with Crippen LogP contribution in [0.4, 0.5) is 5.69 Å². The number of ether oxygens (including phenoxy) is 1. The molecule has 0 N–H and O–H groups in total. The van der Waals surface area contributed by atoms with Crippen LogP contribution in [0.2, 0.25) is 5.28 Å².